The molecule has 0 unspecified atom stereocenters. The van der Waals surface area contributed by atoms with Crippen LogP contribution in [-0.4, -0.2) is 11.0 Å². The van der Waals surface area contributed by atoms with Crippen LogP contribution in [0.5, 0.6) is 0 Å². The number of pyridine rings is 1. The van der Waals surface area contributed by atoms with E-state index in [1.165, 1.54) is 10.4 Å². The van der Waals surface area contributed by atoms with Crippen LogP contribution in [0.2, 0.25) is 0 Å². The van der Waals surface area contributed by atoms with E-state index in [0.717, 1.165) is 0 Å². The average molecular weight is 247 g/mol. The molecule has 0 aliphatic heterocycles. The number of hydrogen-bond acceptors (Lipinski definition) is 3. The first-order valence-electron chi connectivity index (χ1n) is 5.24. The lowest BCUT2D eigenvalue weighted by Gasteiger charge is -2.06. The van der Waals surface area contributed by atoms with Crippen molar-refractivity contribution < 1.29 is 4.79 Å². The molecule has 0 aliphatic carbocycles. The highest BCUT2D eigenvalue weighted by molar-refractivity contribution is 7.10. The van der Waals surface area contributed by atoms with Crippen molar-refractivity contribution in [2.75, 3.05) is 5.32 Å². The minimum atomic E-state index is -0.239. The number of anilines is 1. The zero-order chi connectivity index (χ0) is 12.1. The van der Waals surface area contributed by atoms with Gasteiger partial charge in [0.25, 0.3) is 0 Å². The molecule has 4 nitrogen and oxygen atoms in total. The summed E-state index contributed by atoms with van der Waals surface area (Å²) in [6.45, 7) is 2.58. The molecule has 0 spiro atoms. The Morgan fingerprint density at radius 3 is 2.94 bits per heavy atom. The Hall–Kier alpha value is -1.88. The monoisotopic (exact) mass is 247 g/mol. The lowest BCUT2D eigenvalue weighted by atomic mass is 10.3. The molecule has 2 aromatic rings. The maximum Gasteiger partial charge on any atom is 0.320 e. The Bertz CT molecular complexity index is 495. The number of hydrogen-bond donors (Lipinski definition) is 2. The number of aromatic nitrogens is 1. The van der Waals surface area contributed by atoms with Crippen LogP contribution in [0.4, 0.5) is 10.6 Å². The van der Waals surface area contributed by atoms with E-state index in [4.69, 9.17) is 0 Å². The standard InChI is InChI=1S/C12H13N3OS/c1-9-5-7-17-10(9)8-14-12(16)15-11-4-2-3-6-13-11/h2-7H,8H2,1H3,(H2,13,14,15,16). The molecule has 5 heteroatoms. The molecule has 0 atom stereocenters. The summed E-state index contributed by atoms with van der Waals surface area (Å²) in [6, 6.07) is 7.18. The number of carbonyl (C=O) groups is 1. The first-order chi connectivity index (χ1) is 8.25. The molecule has 0 aliphatic rings. The molecule has 2 rings (SSSR count). The van der Waals surface area contributed by atoms with E-state index in [2.05, 4.69) is 15.6 Å². The largest absolute Gasteiger partial charge is 0.333 e. The minimum absolute atomic E-state index is 0.239. The second kappa shape index (κ2) is 5.45. The van der Waals surface area contributed by atoms with Crippen molar-refractivity contribution >= 4 is 23.2 Å². The summed E-state index contributed by atoms with van der Waals surface area (Å²) in [4.78, 5) is 16.7. The second-order valence-corrected chi connectivity index (χ2v) is 4.55. The summed E-state index contributed by atoms with van der Waals surface area (Å²) >= 11 is 1.64. The fraction of sp³-hybridized carbons (Fsp3) is 0.167. The highest BCUT2D eigenvalue weighted by Gasteiger charge is 2.04. The maximum atomic E-state index is 11.6. The van der Waals surface area contributed by atoms with Crippen LogP contribution >= 0.6 is 11.3 Å². The second-order valence-electron chi connectivity index (χ2n) is 3.55. The first-order valence-corrected chi connectivity index (χ1v) is 6.12. The molecule has 88 valence electrons. The third-order valence-electron chi connectivity index (χ3n) is 2.28. The lowest BCUT2D eigenvalue weighted by molar-refractivity contribution is 0.251. The number of carbonyl (C=O) groups excluding carboxylic acids is 1. The summed E-state index contributed by atoms with van der Waals surface area (Å²) in [6.07, 6.45) is 1.64. The zero-order valence-electron chi connectivity index (χ0n) is 9.43. The molecule has 2 aromatic heterocycles. The van der Waals surface area contributed by atoms with E-state index >= 15 is 0 Å². The predicted octanol–water partition coefficient (Wildman–Crippen LogP) is 2.77. The Kier molecular flexibility index (Phi) is 3.72. The van der Waals surface area contributed by atoms with E-state index in [1.807, 2.05) is 24.4 Å². The van der Waals surface area contributed by atoms with Gasteiger partial charge in [0.1, 0.15) is 5.82 Å². The lowest BCUT2D eigenvalue weighted by Crippen LogP contribution is -2.28. The van der Waals surface area contributed by atoms with Gasteiger partial charge in [0.15, 0.2) is 0 Å². The molecule has 0 saturated heterocycles. The molecule has 0 bridgehead atoms. The molecule has 2 N–H and O–H groups in total. The first kappa shape index (κ1) is 11.6. The summed E-state index contributed by atoms with van der Waals surface area (Å²) in [7, 11) is 0. The van der Waals surface area contributed by atoms with Crippen LogP contribution in [0, 0.1) is 6.92 Å². The van der Waals surface area contributed by atoms with E-state index in [0.29, 0.717) is 12.4 Å². The van der Waals surface area contributed by atoms with Gasteiger partial charge in [0, 0.05) is 11.1 Å². The van der Waals surface area contributed by atoms with Crippen molar-refractivity contribution in [3.63, 3.8) is 0 Å². The zero-order valence-corrected chi connectivity index (χ0v) is 10.3. The predicted molar refractivity (Wildman–Crippen MR) is 69.2 cm³/mol. The van der Waals surface area contributed by atoms with E-state index < -0.39 is 0 Å². The van der Waals surface area contributed by atoms with Gasteiger partial charge < -0.3 is 5.32 Å². The van der Waals surface area contributed by atoms with Crippen molar-refractivity contribution in [1.82, 2.24) is 10.3 Å². The minimum Gasteiger partial charge on any atom is -0.333 e. The molecular formula is C12H13N3OS. The van der Waals surface area contributed by atoms with Gasteiger partial charge in [-0.3, -0.25) is 5.32 Å². The molecule has 0 radical (unpaired) electrons. The molecule has 0 aromatic carbocycles. The number of rotatable bonds is 3. The molecule has 2 heterocycles. The summed E-state index contributed by atoms with van der Waals surface area (Å²) in [5.41, 5.74) is 1.20. The quantitative estimate of drug-likeness (QED) is 0.876. The van der Waals surface area contributed by atoms with Gasteiger partial charge in [-0.1, -0.05) is 6.07 Å². The summed E-state index contributed by atoms with van der Waals surface area (Å²) < 4.78 is 0. The van der Waals surface area contributed by atoms with Crippen LogP contribution in [0.15, 0.2) is 35.8 Å². The third-order valence-corrected chi connectivity index (χ3v) is 3.31. The summed E-state index contributed by atoms with van der Waals surface area (Å²) in [5.74, 6) is 0.549. The van der Waals surface area contributed by atoms with Crippen molar-refractivity contribution in [2.45, 2.75) is 13.5 Å². The van der Waals surface area contributed by atoms with Crippen LogP contribution in [0.3, 0.4) is 0 Å². The van der Waals surface area contributed by atoms with Crippen LogP contribution in [0.1, 0.15) is 10.4 Å². The number of thiophene rings is 1. The van der Waals surface area contributed by atoms with E-state index in [-0.39, 0.29) is 6.03 Å². The van der Waals surface area contributed by atoms with Gasteiger partial charge >= 0.3 is 6.03 Å². The Morgan fingerprint density at radius 2 is 2.29 bits per heavy atom. The third kappa shape index (κ3) is 3.29. The number of nitrogens with zero attached hydrogens (tertiary/aromatic N) is 1. The van der Waals surface area contributed by atoms with Gasteiger partial charge in [0.2, 0.25) is 0 Å². The smallest absolute Gasteiger partial charge is 0.320 e. The average Bonchev–Trinajstić information content (AvgIpc) is 2.74. The van der Waals surface area contributed by atoms with E-state index in [9.17, 15) is 4.79 Å². The summed E-state index contributed by atoms with van der Waals surface area (Å²) in [5, 5.41) is 7.48. The van der Waals surface area contributed by atoms with Crippen molar-refractivity contribution in [1.29, 1.82) is 0 Å². The molecule has 17 heavy (non-hydrogen) atoms. The molecular weight excluding hydrogens is 234 g/mol. The normalized spacial score (nSPS) is 9.94. The van der Waals surface area contributed by atoms with Gasteiger partial charge in [-0.05, 0) is 36.1 Å². The number of aryl methyl sites for hydroxylation is 1. The Balaban J connectivity index is 1.84. The van der Waals surface area contributed by atoms with Crippen LogP contribution < -0.4 is 10.6 Å². The van der Waals surface area contributed by atoms with E-state index in [1.54, 1.807) is 29.7 Å². The molecule has 0 fully saturated rings. The van der Waals surface area contributed by atoms with Crippen LogP contribution in [-0.2, 0) is 6.54 Å². The SMILES string of the molecule is Cc1ccsc1CNC(=O)Nc1ccccn1. The van der Waals surface area contributed by atoms with Crippen LogP contribution in [0.25, 0.3) is 0 Å². The Morgan fingerprint density at radius 1 is 1.41 bits per heavy atom. The maximum absolute atomic E-state index is 11.6. The van der Waals surface area contributed by atoms with Crippen molar-refractivity contribution in [3.8, 4) is 0 Å². The van der Waals surface area contributed by atoms with Gasteiger partial charge in [0.05, 0.1) is 6.54 Å². The fourth-order valence-electron chi connectivity index (χ4n) is 1.34. The van der Waals surface area contributed by atoms with Crippen molar-refractivity contribution in [2.24, 2.45) is 0 Å². The highest BCUT2D eigenvalue weighted by atomic mass is 32.1. The number of nitrogens with one attached hydrogen (secondary N) is 2. The number of amides is 2. The highest BCUT2D eigenvalue weighted by Crippen LogP contribution is 2.14. The molecule has 2 amide bonds. The van der Waals surface area contributed by atoms with Gasteiger partial charge in [-0.25, -0.2) is 9.78 Å². The van der Waals surface area contributed by atoms with Gasteiger partial charge in [-0.15, -0.1) is 11.3 Å². The van der Waals surface area contributed by atoms with Gasteiger partial charge in [-0.2, -0.15) is 0 Å². The molecule has 0 saturated carbocycles. The Labute approximate surface area is 104 Å². The topological polar surface area (TPSA) is 54.0 Å². The van der Waals surface area contributed by atoms with Crippen molar-refractivity contribution in [3.05, 3.63) is 46.3 Å². The number of urea groups is 1. The fourth-order valence-corrected chi connectivity index (χ4v) is 2.19.